The van der Waals surface area contributed by atoms with E-state index in [9.17, 15) is 19.8 Å². The summed E-state index contributed by atoms with van der Waals surface area (Å²) in [7, 11) is 0. The van der Waals surface area contributed by atoms with Gasteiger partial charge in [0.25, 0.3) is 0 Å². The minimum absolute atomic E-state index is 0.126. The molecule has 0 radical (unpaired) electrons. The molecule has 0 spiro atoms. The SMILES string of the molecule is CCCCCCCCOC(=O)[C@H](Cc1ccc(O)cc1)NC(=O)[C@@H](N)Cc1ccc(O)cc1. The number of phenolic OH excluding ortho intramolecular Hbond substituents is 2. The van der Waals surface area contributed by atoms with Crippen molar-refractivity contribution in [3.8, 4) is 11.5 Å². The van der Waals surface area contributed by atoms with Gasteiger partial charge in [0.15, 0.2) is 0 Å². The number of aromatic hydroxyl groups is 2. The zero-order chi connectivity index (χ0) is 24.1. The smallest absolute Gasteiger partial charge is 0.328 e. The maximum Gasteiger partial charge on any atom is 0.328 e. The zero-order valence-corrected chi connectivity index (χ0v) is 19.3. The van der Waals surface area contributed by atoms with Crippen molar-refractivity contribution in [3.05, 3.63) is 59.7 Å². The standard InChI is InChI=1S/C26H36N2O5/c1-2-3-4-5-6-7-16-33-26(32)24(18-20-10-14-22(30)15-11-20)28-25(31)23(27)17-19-8-12-21(29)13-9-19/h8-15,23-24,29-30H,2-7,16-18,27H2,1H3,(H,28,31)/t23-,24-/m0/s1. The van der Waals surface area contributed by atoms with E-state index in [0.29, 0.717) is 6.61 Å². The van der Waals surface area contributed by atoms with Crippen LogP contribution in [0.5, 0.6) is 11.5 Å². The molecule has 0 unspecified atom stereocenters. The predicted octanol–water partition coefficient (Wildman–Crippen LogP) is 3.60. The van der Waals surface area contributed by atoms with Gasteiger partial charge in [-0.1, -0.05) is 63.3 Å². The van der Waals surface area contributed by atoms with Crippen molar-refractivity contribution in [2.75, 3.05) is 6.61 Å². The van der Waals surface area contributed by atoms with Gasteiger partial charge in [-0.25, -0.2) is 4.79 Å². The first-order valence-electron chi connectivity index (χ1n) is 11.7. The van der Waals surface area contributed by atoms with Crippen LogP contribution < -0.4 is 11.1 Å². The van der Waals surface area contributed by atoms with Gasteiger partial charge in [-0.3, -0.25) is 4.79 Å². The number of nitrogens with two attached hydrogens (primary N) is 1. The van der Waals surface area contributed by atoms with Crippen molar-refractivity contribution in [2.24, 2.45) is 5.73 Å². The van der Waals surface area contributed by atoms with Gasteiger partial charge in [-0.15, -0.1) is 0 Å². The van der Waals surface area contributed by atoms with E-state index >= 15 is 0 Å². The lowest BCUT2D eigenvalue weighted by Crippen LogP contribution is -2.50. The number of ether oxygens (including phenoxy) is 1. The third kappa shape index (κ3) is 9.95. The topological polar surface area (TPSA) is 122 Å². The van der Waals surface area contributed by atoms with E-state index in [4.69, 9.17) is 10.5 Å². The number of rotatable bonds is 14. The van der Waals surface area contributed by atoms with Crippen molar-refractivity contribution in [3.63, 3.8) is 0 Å². The number of nitrogens with one attached hydrogen (secondary N) is 1. The van der Waals surface area contributed by atoms with E-state index in [1.54, 1.807) is 24.3 Å². The first kappa shape index (κ1) is 26.2. The molecular weight excluding hydrogens is 420 g/mol. The molecule has 1 amide bonds. The highest BCUT2D eigenvalue weighted by molar-refractivity contribution is 5.87. The van der Waals surface area contributed by atoms with E-state index in [0.717, 1.165) is 30.4 Å². The Labute approximate surface area is 196 Å². The molecule has 0 aromatic heterocycles. The Morgan fingerprint density at radius 3 is 1.94 bits per heavy atom. The number of hydrogen-bond acceptors (Lipinski definition) is 6. The fraction of sp³-hybridized carbons (Fsp3) is 0.462. The van der Waals surface area contributed by atoms with Crippen molar-refractivity contribution in [2.45, 2.75) is 70.4 Å². The minimum atomic E-state index is -0.881. The molecule has 2 aromatic carbocycles. The maximum atomic E-state index is 12.7. The number of unbranched alkanes of at least 4 members (excludes halogenated alkanes) is 5. The maximum absolute atomic E-state index is 12.7. The minimum Gasteiger partial charge on any atom is -0.508 e. The van der Waals surface area contributed by atoms with Gasteiger partial charge < -0.3 is 26.0 Å². The lowest BCUT2D eigenvalue weighted by molar-refractivity contribution is -0.148. The van der Waals surface area contributed by atoms with Crippen molar-refractivity contribution in [1.82, 2.24) is 5.32 Å². The highest BCUT2D eigenvalue weighted by Gasteiger charge is 2.25. The molecule has 0 bridgehead atoms. The molecule has 2 atom stereocenters. The van der Waals surface area contributed by atoms with E-state index in [1.807, 2.05) is 0 Å². The number of carbonyl (C=O) groups is 2. The molecule has 2 aromatic rings. The van der Waals surface area contributed by atoms with Crippen LogP contribution in [0.25, 0.3) is 0 Å². The molecule has 5 N–H and O–H groups in total. The Balaban J connectivity index is 1.94. The van der Waals surface area contributed by atoms with Crippen LogP contribution in [0.15, 0.2) is 48.5 Å². The normalized spacial score (nSPS) is 12.7. The highest BCUT2D eigenvalue weighted by Crippen LogP contribution is 2.14. The molecule has 0 aliphatic carbocycles. The summed E-state index contributed by atoms with van der Waals surface area (Å²) < 4.78 is 5.45. The lowest BCUT2D eigenvalue weighted by atomic mass is 10.0. The van der Waals surface area contributed by atoms with Crippen LogP contribution in [0.2, 0.25) is 0 Å². The number of benzene rings is 2. The van der Waals surface area contributed by atoms with E-state index in [2.05, 4.69) is 12.2 Å². The summed E-state index contributed by atoms with van der Waals surface area (Å²) in [6.45, 7) is 2.48. The van der Waals surface area contributed by atoms with Crippen LogP contribution in [0.3, 0.4) is 0 Å². The Morgan fingerprint density at radius 1 is 0.848 bits per heavy atom. The Hall–Kier alpha value is -3.06. The summed E-state index contributed by atoms with van der Waals surface area (Å²) in [5, 5.41) is 21.6. The Morgan fingerprint density at radius 2 is 1.36 bits per heavy atom. The fourth-order valence-corrected chi connectivity index (χ4v) is 3.47. The van der Waals surface area contributed by atoms with Crippen LogP contribution in [0.4, 0.5) is 0 Å². The van der Waals surface area contributed by atoms with Gasteiger partial charge in [-0.2, -0.15) is 0 Å². The van der Waals surface area contributed by atoms with Crippen molar-refractivity contribution >= 4 is 11.9 Å². The fourth-order valence-electron chi connectivity index (χ4n) is 3.47. The zero-order valence-electron chi connectivity index (χ0n) is 19.3. The van der Waals surface area contributed by atoms with Gasteiger partial charge in [0.2, 0.25) is 5.91 Å². The first-order valence-corrected chi connectivity index (χ1v) is 11.7. The van der Waals surface area contributed by atoms with Gasteiger partial charge in [0.05, 0.1) is 12.6 Å². The quantitative estimate of drug-likeness (QED) is 0.255. The summed E-state index contributed by atoms with van der Waals surface area (Å²) in [5.41, 5.74) is 7.65. The summed E-state index contributed by atoms with van der Waals surface area (Å²) in [6.07, 6.45) is 6.98. The van der Waals surface area contributed by atoms with Gasteiger partial charge in [0.1, 0.15) is 17.5 Å². The Bertz CT molecular complexity index is 852. The second-order valence-corrected chi connectivity index (χ2v) is 8.34. The van der Waals surface area contributed by atoms with Crippen LogP contribution in [0.1, 0.15) is 56.6 Å². The summed E-state index contributed by atoms with van der Waals surface area (Å²) in [6, 6.07) is 11.2. The molecule has 180 valence electrons. The van der Waals surface area contributed by atoms with E-state index in [-0.39, 0.29) is 24.3 Å². The summed E-state index contributed by atoms with van der Waals surface area (Å²) in [4.78, 5) is 25.5. The number of carbonyl (C=O) groups excluding carboxylic acids is 2. The molecule has 2 rings (SSSR count). The number of esters is 1. The molecule has 0 aliphatic heterocycles. The molecule has 33 heavy (non-hydrogen) atoms. The molecule has 0 heterocycles. The number of phenols is 2. The second-order valence-electron chi connectivity index (χ2n) is 8.34. The van der Waals surface area contributed by atoms with Gasteiger partial charge in [0, 0.05) is 6.42 Å². The second kappa shape index (κ2) is 14.2. The summed E-state index contributed by atoms with van der Waals surface area (Å²) >= 11 is 0. The van der Waals surface area contributed by atoms with Crippen LogP contribution >= 0.6 is 0 Å². The molecule has 7 heteroatoms. The van der Waals surface area contributed by atoms with E-state index in [1.165, 1.54) is 43.5 Å². The molecular formula is C26H36N2O5. The van der Waals surface area contributed by atoms with Gasteiger partial charge in [-0.05, 0) is 48.2 Å². The number of amides is 1. The monoisotopic (exact) mass is 456 g/mol. The van der Waals surface area contributed by atoms with Crippen LogP contribution in [-0.2, 0) is 27.2 Å². The van der Waals surface area contributed by atoms with Crippen molar-refractivity contribution < 1.29 is 24.5 Å². The van der Waals surface area contributed by atoms with Crippen LogP contribution in [-0.4, -0.2) is 40.8 Å². The predicted molar refractivity (Wildman–Crippen MR) is 128 cm³/mol. The average molecular weight is 457 g/mol. The molecule has 0 saturated heterocycles. The molecule has 0 saturated carbocycles. The highest BCUT2D eigenvalue weighted by atomic mass is 16.5. The number of hydrogen-bond donors (Lipinski definition) is 4. The Kier molecular flexibility index (Phi) is 11.2. The molecule has 0 fully saturated rings. The largest absolute Gasteiger partial charge is 0.508 e. The molecule has 7 nitrogen and oxygen atoms in total. The van der Waals surface area contributed by atoms with E-state index < -0.39 is 24.0 Å². The summed E-state index contributed by atoms with van der Waals surface area (Å²) in [5.74, 6) is -0.690. The van der Waals surface area contributed by atoms with Gasteiger partial charge >= 0.3 is 5.97 Å². The lowest BCUT2D eigenvalue weighted by Gasteiger charge is -2.20. The van der Waals surface area contributed by atoms with Crippen LogP contribution in [0, 0.1) is 0 Å². The molecule has 0 aliphatic rings. The van der Waals surface area contributed by atoms with Crippen molar-refractivity contribution in [1.29, 1.82) is 0 Å². The third-order valence-corrected chi connectivity index (χ3v) is 5.45. The average Bonchev–Trinajstić information content (AvgIpc) is 2.80. The third-order valence-electron chi connectivity index (χ3n) is 5.45. The first-order chi connectivity index (χ1) is 15.9.